The predicted octanol–water partition coefficient (Wildman–Crippen LogP) is 1.23. The molecule has 70 valence electrons. The van der Waals surface area contributed by atoms with Crippen molar-refractivity contribution in [1.82, 2.24) is 4.98 Å². The zero-order valence-electron chi connectivity index (χ0n) is 8.03. The standard InChI is InChI=1S/C10H14N2O/c1-8-3-9(5-11-4-8)12-6-10(7-12)13-2/h3-5,10H,6-7H2,1-2H3. The van der Waals surface area contributed by atoms with Gasteiger partial charge in [0.15, 0.2) is 0 Å². The second-order valence-corrected chi connectivity index (χ2v) is 3.48. The first-order chi connectivity index (χ1) is 6.29. The van der Waals surface area contributed by atoms with Gasteiger partial charge in [-0.05, 0) is 18.6 Å². The number of rotatable bonds is 2. The first-order valence-electron chi connectivity index (χ1n) is 4.49. The van der Waals surface area contributed by atoms with Gasteiger partial charge < -0.3 is 9.64 Å². The molecule has 2 heterocycles. The number of ether oxygens (including phenoxy) is 1. The summed E-state index contributed by atoms with van der Waals surface area (Å²) in [6.07, 6.45) is 4.18. The molecule has 1 aromatic rings. The van der Waals surface area contributed by atoms with Crippen LogP contribution in [0.2, 0.25) is 0 Å². The molecular formula is C10H14N2O. The monoisotopic (exact) mass is 178 g/mol. The number of methoxy groups -OCH3 is 1. The Labute approximate surface area is 78.3 Å². The van der Waals surface area contributed by atoms with E-state index in [4.69, 9.17) is 4.74 Å². The molecule has 1 aliphatic heterocycles. The van der Waals surface area contributed by atoms with E-state index in [1.807, 2.05) is 12.4 Å². The van der Waals surface area contributed by atoms with Gasteiger partial charge in [-0.25, -0.2) is 0 Å². The van der Waals surface area contributed by atoms with E-state index < -0.39 is 0 Å². The Morgan fingerprint density at radius 1 is 1.46 bits per heavy atom. The normalized spacial score (nSPS) is 17.2. The molecule has 1 aliphatic rings. The summed E-state index contributed by atoms with van der Waals surface area (Å²) in [6.45, 7) is 4.04. The van der Waals surface area contributed by atoms with Crippen molar-refractivity contribution in [2.24, 2.45) is 0 Å². The summed E-state index contributed by atoms with van der Waals surface area (Å²) in [4.78, 5) is 6.43. The Morgan fingerprint density at radius 3 is 2.85 bits per heavy atom. The van der Waals surface area contributed by atoms with Gasteiger partial charge in [0.1, 0.15) is 0 Å². The van der Waals surface area contributed by atoms with Crippen LogP contribution in [0.4, 0.5) is 5.69 Å². The lowest BCUT2D eigenvalue weighted by molar-refractivity contribution is 0.0787. The summed E-state index contributed by atoms with van der Waals surface area (Å²) in [5, 5.41) is 0. The topological polar surface area (TPSA) is 25.4 Å². The SMILES string of the molecule is COC1CN(c2cncc(C)c2)C1. The van der Waals surface area contributed by atoms with Crippen LogP contribution in [0.15, 0.2) is 18.5 Å². The fraction of sp³-hybridized carbons (Fsp3) is 0.500. The molecule has 13 heavy (non-hydrogen) atoms. The number of nitrogens with zero attached hydrogens (tertiary/aromatic N) is 2. The summed E-state index contributed by atoms with van der Waals surface area (Å²) in [5.41, 5.74) is 2.41. The Hall–Kier alpha value is -1.09. The first-order valence-corrected chi connectivity index (χ1v) is 4.49. The second kappa shape index (κ2) is 3.34. The van der Waals surface area contributed by atoms with E-state index in [-0.39, 0.29) is 0 Å². The van der Waals surface area contributed by atoms with Crippen LogP contribution in [0.25, 0.3) is 0 Å². The Bertz CT molecular complexity index is 295. The third-order valence-corrected chi connectivity index (χ3v) is 2.41. The lowest BCUT2D eigenvalue weighted by Gasteiger charge is -2.39. The third kappa shape index (κ3) is 1.65. The number of aromatic nitrogens is 1. The van der Waals surface area contributed by atoms with E-state index >= 15 is 0 Å². The summed E-state index contributed by atoms with van der Waals surface area (Å²) >= 11 is 0. The van der Waals surface area contributed by atoms with E-state index in [0.717, 1.165) is 13.1 Å². The molecule has 0 aliphatic carbocycles. The van der Waals surface area contributed by atoms with Crippen molar-refractivity contribution < 1.29 is 4.74 Å². The number of pyridine rings is 1. The second-order valence-electron chi connectivity index (χ2n) is 3.48. The van der Waals surface area contributed by atoms with E-state index in [9.17, 15) is 0 Å². The predicted molar refractivity (Wildman–Crippen MR) is 52.0 cm³/mol. The molecule has 0 atom stereocenters. The average Bonchev–Trinajstić information content (AvgIpc) is 2.02. The highest BCUT2D eigenvalue weighted by Gasteiger charge is 2.26. The summed E-state index contributed by atoms with van der Waals surface area (Å²) in [6, 6.07) is 2.15. The fourth-order valence-corrected chi connectivity index (χ4v) is 1.51. The van der Waals surface area contributed by atoms with Gasteiger partial charge in [-0.1, -0.05) is 0 Å². The van der Waals surface area contributed by atoms with Crippen molar-refractivity contribution in [1.29, 1.82) is 0 Å². The van der Waals surface area contributed by atoms with E-state index in [1.165, 1.54) is 11.3 Å². The van der Waals surface area contributed by atoms with E-state index in [2.05, 4.69) is 22.9 Å². The van der Waals surface area contributed by atoms with Crippen molar-refractivity contribution >= 4 is 5.69 Å². The molecule has 2 rings (SSSR count). The molecule has 0 amide bonds. The van der Waals surface area contributed by atoms with Gasteiger partial charge >= 0.3 is 0 Å². The van der Waals surface area contributed by atoms with Crippen molar-refractivity contribution in [3.8, 4) is 0 Å². The smallest absolute Gasteiger partial charge is 0.0920 e. The first kappa shape index (κ1) is 8.51. The van der Waals surface area contributed by atoms with E-state index in [0.29, 0.717) is 6.10 Å². The quantitative estimate of drug-likeness (QED) is 0.681. The molecule has 3 heteroatoms. The molecule has 1 aromatic heterocycles. The summed E-state index contributed by atoms with van der Waals surface area (Å²) < 4.78 is 5.21. The van der Waals surface area contributed by atoms with Gasteiger partial charge in [-0.3, -0.25) is 4.98 Å². The van der Waals surface area contributed by atoms with Crippen LogP contribution in [0.1, 0.15) is 5.56 Å². The molecule has 0 N–H and O–H groups in total. The van der Waals surface area contributed by atoms with Crippen LogP contribution in [0, 0.1) is 6.92 Å². The Balaban J connectivity index is 2.03. The molecule has 0 aromatic carbocycles. The maximum atomic E-state index is 5.21. The Kier molecular flexibility index (Phi) is 2.19. The molecule has 3 nitrogen and oxygen atoms in total. The number of anilines is 1. The van der Waals surface area contributed by atoms with Gasteiger partial charge in [0.2, 0.25) is 0 Å². The van der Waals surface area contributed by atoms with Crippen LogP contribution in [0.5, 0.6) is 0 Å². The molecular weight excluding hydrogens is 164 g/mol. The molecule has 0 radical (unpaired) electrons. The van der Waals surface area contributed by atoms with Crippen LogP contribution in [-0.4, -0.2) is 31.3 Å². The van der Waals surface area contributed by atoms with Gasteiger partial charge in [0.05, 0.1) is 18.0 Å². The van der Waals surface area contributed by atoms with Crippen molar-refractivity contribution in [3.63, 3.8) is 0 Å². The third-order valence-electron chi connectivity index (χ3n) is 2.41. The van der Waals surface area contributed by atoms with E-state index in [1.54, 1.807) is 7.11 Å². The molecule has 0 unspecified atom stereocenters. The minimum Gasteiger partial charge on any atom is -0.378 e. The van der Waals surface area contributed by atoms with Crippen molar-refractivity contribution in [2.45, 2.75) is 13.0 Å². The maximum absolute atomic E-state index is 5.21. The maximum Gasteiger partial charge on any atom is 0.0920 e. The Morgan fingerprint density at radius 2 is 2.23 bits per heavy atom. The number of hydrogen-bond acceptors (Lipinski definition) is 3. The van der Waals surface area contributed by atoms with Crippen molar-refractivity contribution in [3.05, 3.63) is 24.0 Å². The lowest BCUT2D eigenvalue weighted by atomic mass is 10.1. The van der Waals surface area contributed by atoms with Gasteiger partial charge in [0, 0.05) is 26.4 Å². The lowest BCUT2D eigenvalue weighted by Crippen LogP contribution is -2.51. The minimum absolute atomic E-state index is 0.403. The zero-order valence-corrected chi connectivity index (χ0v) is 8.03. The fourth-order valence-electron chi connectivity index (χ4n) is 1.51. The number of aryl methyl sites for hydroxylation is 1. The number of hydrogen-bond donors (Lipinski definition) is 0. The van der Waals surface area contributed by atoms with Crippen LogP contribution in [0.3, 0.4) is 0 Å². The van der Waals surface area contributed by atoms with Gasteiger partial charge in [0.25, 0.3) is 0 Å². The molecule has 0 bridgehead atoms. The summed E-state index contributed by atoms with van der Waals surface area (Å²) in [5.74, 6) is 0. The molecule has 0 saturated carbocycles. The van der Waals surface area contributed by atoms with Crippen LogP contribution in [-0.2, 0) is 4.74 Å². The molecule has 0 spiro atoms. The van der Waals surface area contributed by atoms with Crippen molar-refractivity contribution in [2.75, 3.05) is 25.1 Å². The highest BCUT2D eigenvalue weighted by molar-refractivity contribution is 5.48. The average molecular weight is 178 g/mol. The molecule has 1 saturated heterocycles. The molecule has 1 fully saturated rings. The highest BCUT2D eigenvalue weighted by atomic mass is 16.5. The van der Waals surface area contributed by atoms with Crippen LogP contribution < -0.4 is 4.90 Å². The van der Waals surface area contributed by atoms with Gasteiger partial charge in [-0.2, -0.15) is 0 Å². The highest BCUT2D eigenvalue weighted by Crippen LogP contribution is 2.21. The van der Waals surface area contributed by atoms with Crippen LogP contribution >= 0.6 is 0 Å². The van der Waals surface area contributed by atoms with Gasteiger partial charge in [-0.15, -0.1) is 0 Å². The summed E-state index contributed by atoms with van der Waals surface area (Å²) in [7, 11) is 1.76. The zero-order chi connectivity index (χ0) is 9.26. The largest absolute Gasteiger partial charge is 0.378 e. The minimum atomic E-state index is 0.403.